The molecule has 3 aliphatic rings. The van der Waals surface area contributed by atoms with Gasteiger partial charge in [-0.15, -0.1) is 0 Å². The fourth-order valence-corrected chi connectivity index (χ4v) is 6.63. The molecule has 2 aliphatic carbocycles. The summed E-state index contributed by atoms with van der Waals surface area (Å²) in [6, 6.07) is 14.6. The van der Waals surface area contributed by atoms with Crippen LogP contribution in [0.3, 0.4) is 0 Å². The molecule has 7 rings (SSSR count). The number of nitrogens with zero attached hydrogens (tertiary/aromatic N) is 2. The topological polar surface area (TPSA) is 84.6 Å². The highest BCUT2D eigenvalue weighted by atomic mass is 16.3. The highest BCUT2D eigenvalue weighted by Crippen LogP contribution is 2.41. The smallest absolute Gasteiger partial charge is 0.254 e. The lowest BCUT2D eigenvalue weighted by molar-refractivity contribution is 0.0700. The summed E-state index contributed by atoms with van der Waals surface area (Å²) >= 11 is 0. The number of benzene rings is 2. The van der Waals surface area contributed by atoms with Gasteiger partial charge in [-0.05, 0) is 88.1 Å². The molecule has 3 heterocycles. The summed E-state index contributed by atoms with van der Waals surface area (Å²) in [7, 11) is 0. The number of likely N-dealkylation sites (tertiary alicyclic amines) is 1. The van der Waals surface area contributed by atoms with Crippen molar-refractivity contribution in [3.8, 4) is 11.5 Å². The first-order valence-electron chi connectivity index (χ1n) is 13.7. The Morgan fingerprint density at radius 3 is 2.59 bits per heavy atom. The van der Waals surface area contributed by atoms with Gasteiger partial charge in [-0.25, -0.2) is 0 Å². The molecule has 2 bridgehead atoms. The third kappa shape index (κ3) is 3.64. The minimum atomic E-state index is -0.903. The van der Waals surface area contributed by atoms with E-state index >= 15 is 0 Å². The van der Waals surface area contributed by atoms with Crippen LogP contribution in [-0.4, -0.2) is 39.1 Å². The van der Waals surface area contributed by atoms with Gasteiger partial charge in [0.2, 0.25) is 0 Å². The number of aromatic nitrogens is 1. The zero-order chi connectivity index (χ0) is 25.6. The van der Waals surface area contributed by atoms with E-state index in [2.05, 4.69) is 29.7 Å². The number of piperidine rings is 1. The van der Waals surface area contributed by atoms with Crippen LogP contribution in [-0.2, 0) is 12.1 Å². The standard InChI is InChI=1S/C31H35N3O3/c1-17-23-10-7-20(30(35)34-16-21-8-11-24(34)28(21)32)13-27(23)37-29(17)26-12-19-6-9-22(31(2,3)36)14-25(19)33(26)15-18-4-5-18/h6-7,9-10,12-14,18,21,24,28,36H,4-5,8,11,15-16,32H2,1-3H3/t21?,24?,28-/m1/s1. The second kappa shape index (κ2) is 7.95. The van der Waals surface area contributed by atoms with Crippen molar-refractivity contribution < 1.29 is 14.3 Å². The van der Waals surface area contributed by atoms with E-state index in [1.165, 1.54) is 12.8 Å². The van der Waals surface area contributed by atoms with Crippen molar-refractivity contribution in [2.24, 2.45) is 17.6 Å². The van der Waals surface area contributed by atoms with Gasteiger partial charge >= 0.3 is 0 Å². The number of fused-ring (bicyclic) bond motifs is 4. The Balaban J connectivity index is 1.31. The van der Waals surface area contributed by atoms with Gasteiger partial charge in [0.25, 0.3) is 5.91 Å². The fourth-order valence-electron chi connectivity index (χ4n) is 6.63. The van der Waals surface area contributed by atoms with Gasteiger partial charge in [-0.2, -0.15) is 0 Å². The van der Waals surface area contributed by atoms with Gasteiger partial charge in [-0.1, -0.05) is 18.2 Å². The number of amides is 1. The van der Waals surface area contributed by atoms with Gasteiger partial charge in [0.1, 0.15) is 5.58 Å². The lowest BCUT2D eigenvalue weighted by Crippen LogP contribution is -2.41. The lowest BCUT2D eigenvalue weighted by atomic mass is 9.97. The van der Waals surface area contributed by atoms with E-state index in [1.807, 2.05) is 43.0 Å². The number of carbonyl (C=O) groups excluding carboxylic acids is 1. The number of rotatable bonds is 5. The molecule has 4 aromatic rings. The molecule has 1 aliphatic heterocycles. The van der Waals surface area contributed by atoms with E-state index in [0.29, 0.717) is 17.4 Å². The maximum atomic E-state index is 13.4. The molecule has 3 fully saturated rings. The molecular weight excluding hydrogens is 462 g/mol. The van der Waals surface area contributed by atoms with Crippen LogP contribution in [0.5, 0.6) is 0 Å². The molecule has 2 saturated carbocycles. The Bertz CT molecular complexity index is 1550. The van der Waals surface area contributed by atoms with Crippen LogP contribution < -0.4 is 5.73 Å². The number of hydrogen-bond acceptors (Lipinski definition) is 4. The van der Waals surface area contributed by atoms with Crippen molar-refractivity contribution in [3.63, 3.8) is 0 Å². The average molecular weight is 498 g/mol. The third-order valence-electron chi connectivity index (χ3n) is 9.08. The first-order valence-corrected chi connectivity index (χ1v) is 13.7. The Kier molecular flexibility index (Phi) is 4.96. The van der Waals surface area contributed by atoms with E-state index in [4.69, 9.17) is 10.2 Å². The maximum absolute atomic E-state index is 13.4. The second-order valence-corrected chi connectivity index (χ2v) is 12.1. The maximum Gasteiger partial charge on any atom is 0.254 e. The van der Waals surface area contributed by atoms with Gasteiger partial charge < -0.3 is 24.7 Å². The van der Waals surface area contributed by atoms with Crippen LogP contribution in [0.25, 0.3) is 33.3 Å². The normalized spacial score (nSPS) is 23.6. The first-order chi connectivity index (χ1) is 17.7. The Morgan fingerprint density at radius 2 is 1.92 bits per heavy atom. The summed E-state index contributed by atoms with van der Waals surface area (Å²) in [6.45, 7) is 7.45. The highest BCUT2D eigenvalue weighted by Gasteiger charge is 2.46. The Morgan fingerprint density at radius 1 is 1.11 bits per heavy atom. The van der Waals surface area contributed by atoms with Gasteiger partial charge in [0.05, 0.1) is 11.3 Å². The van der Waals surface area contributed by atoms with E-state index in [1.54, 1.807) is 0 Å². The number of furan rings is 1. The van der Waals surface area contributed by atoms with Crippen molar-refractivity contribution in [3.05, 3.63) is 59.2 Å². The number of hydrogen-bond donors (Lipinski definition) is 2. The van der Waals surface area contributed by atoms with E-state index < -0.39 is 5.60 Å². The Hall–Kier alpha value is -3.09. The molecular formula is C31H35N3O3. The zero-order valence-electron chi connectivity index (χ0n) is 21.8. The number of aryl methyl sites for hydroxylation is 1. The fraction of sp³-hybridized carbons (Fsp3) is 0.452. The van der Waals surface area contributed by atoms with Crippen molar-refractivity contribution >= 4 is 27.8 Å². The van der Waals surface area contributed by atoms with Crippen LogP contribution in [0, 0.1) is 18.8 Å². The monoisotopic (exact) mass is 497 g/mol. The largest absolute Gasteiger partial charge is 0.454 e. The second-order valence-electron chi connectivity index (χ2n) is 12.1. The van der Waals surface area contributed by atoms with E-state index in [0.717, 1.165) is 70.4 Å². The van der Waals surface area contributed by atoms with Crippen molar-refractivity contribution in [2.75, 3.05) is 6.54 Å². The zero-order valence-corrected chi connectivity index (χ0v) is 21.8. The molecule has 2 unspecified atom stereocenters. The minimum Gasteiger partial charge on any atom is -0.454 e. The van der Waals surface area contributed by atoms with Crippen LogP contribution in [0.4, 0.5) is 0 Å². The molecule has 3 N–H and O–H groups in total. The summed E-state index contributed by atoms with van der Waals surface area (Å²) < 4.78 is 8.89. The summed E-state index contributed by atoms with van der Waals surface area (Å²) in [6.07, 6.45) is 4.62. The van der Waals surface area contributed by atoms with Crippen LogP contribution >= 0.6 is 0 Å². The predicted molar refractivity (Wildman–Crippen MR) is 145 cm³/mol. The van der Waals surface area contributed by atoms with Gasteiger partial charge in [0, 0.05) is 52.6 Å². The SMILES string of the molecule is Cc1c(-c2cc3ccc(C(C)(C)O)cc3n2CC2CC2)oc2cc(C(=O)N3CC4CCC3[C@@H]4N)ccc12. The third-order valence-corrected chi connectivity index (χ3v) is 9.08. The van der Waals surface area contributed by atoms with Crippen LogP contribution in [0.1, 0.15) is 61.0 Å². The van der Waals surface area contributed by atoms with Crippen LogP contribution in [0.15, 0.2) is 46.9 Å². The highest BCUT2D eigenvalue weighted by molar-refractivity contribution is 6.00. The molecule has 0 radical (unpaired) electrons. The quantitative estimate of drug-likeness (QED) is 0.378. The molecule has 192 valence electrons. The van der Waals surface area contributed by atoms with Gasteiger partial charge in [-0.3, -0.25) is 4.79 Å². The number of aliphatic hydroxyl groups is 1. The molecule has 6 heteroatoms. The summed E-state index contributed by atoms with van der Waals surface area (Å²) in [4.78, 5) is 15.4. The van der Waals surface area contributed by atoms with Crippen molar-refractivity contribution in [1.82, 2.24) is 9.47 Å². The molecule has 1 amide bonds. The van der Waals surface area contributed by atoms with Crippen molar-refractivity contribution in [1.29, 1.82) is 0 Å². The number of nitrogens with two attached hydrogens (primary N) is 1. The van der Waals surface area contributed by atoms with E-state index in [-0.39, 0.29) is 18.0 Å². The lowest BCUT2D eigenvalue weighted by Gasteiger charge is -2.27. The first kappa shape index (κ1) is 23.1. The molecule has 3 atom stereocenters. The van der Waals surface area contributed by atoms with E-state index in [9.17, 15) is 9.90 Å². The van der Waals surface area contributed by atoms with Crippen molar-refractivity contribution in [2.45, 2.75) is 70.7 Å². The minimum absolute atomic E-state index is 0.0575. The molecule has 2 aromatic heterocycles. The summed E-state index contributed by atoms with van der Waals surface area (Å²) in [5, 5.41) is 12.8. The van der Waals surface area contributed by atoms with Gasteiger partial charge in [0.15, 0.2) is 5.76 Å². The molecule has 37 heavy (non-hydrogen) atoms. The molecule has 0 spiro atoms. The molecule has 2 aromatic carbocycles. The molecule has 6 nitrogen and oxygen atoms in total. The summed E-state index contributed by atoms with van der Waals surface area (Å²) in [5.41, 5.74) is 11.0. The molecule has 1 saturated heterocycles. The number of carbonyl (C=O) groups is 1. The Labute approximate surface area is 217 Å². The summed E-state index contributed by atoms with van der Waals surface area (Å²) in [5.74, 6) is 2.02. The average Bonchev–Trinajstić information content (AvgIpc) is 3.28. The predicted octanol–water partition coefficient (Wildman–Crippen LogP) is 5.56. The van der Waals surface area contributed by atoms with Crippen LogP contribution in [0.2, 0.25) is 0 Å².